The number of carbonyl (C=O) groups is 1. The quantitative estimate of drug-likeness (QED) is 0.894. The molecular formula is C15H18N4O. The van der Waals surface area contributed by atoms with E-state index in [1.54, 1.807) is 12.5 Å². The van der Waals surface area contributed by atoms with E-state index in [0.717, 1.165) is 37.3 Å². The third-order valence-corrected chi connectivity index (χ3v) is 3.58. The Bertz CT molecular complexity index is 573. The number of imidazole rings is 1. The highest BCUT2D eigenvalue weighted by atomic mass is 16.1. The predicted octanol–water partition coefficient (Wildman–Crippen LogP) is 1.81. The minimum Gasteiger partial charge on any atom is -0.326 e. The molecule has 104 valence electrons. The lowest BCUT2D eigenvalue weighted by atomic mass is 9.99. The van der Waals surface area contributed by atoms with Crippen LogP contribution in [0.4, 0.5) is 5.69 Å². The van der Waals surface area contributed by atoms with Crippen LogP contribution in [-0.4, -0.2) is 28.5 Å². The Balaban J connectivity index is 1.71. The lowest BCUT2D eigenvalue weighted by molar-refractivity contribution is -0.120. The molecule has 1 aromatic heterocycles. The zero-order valence-corrected chi connectivity index (χ0v) is 11.2. The summed E-state index contributed by atoms with van der Waals surface area (Å²) >= 11 is 0. The topological polar surface area (TPSA) is 59.0 Å². The Morgan fingerprint density at radius 3 is 3.15 bits per heavy atom. The van der Waals surface area contributed by atoms with E-state index in [-0.39, 0.29) is 11.8 Å². The van der Waals surface area contributed by atoms with Gasteiger partial charge in [0.25, 0.3) is 0 Å². The molecule has 1 atom stereocenters. The van der Waals surface area contributed by atoms with Crippen molar-refractivity contribution in [1.29, 1.82) is 0 Å². The molecule has 5 nitrogen and oxygen atoms in total. The third-order valence-electron chi connectivity index (χ3n) is 3.58. The van der Waals surface area contributed by atoms with Crippen molar-refractivity contribution in [3.8, 4) is 5.69 Å². The van der Waals surface area contributed by atoms with Gasteiger partial charge in [-0.25, -0.2) is 4.98 Å². The Labute approximate surface area is 118 Å². The number of carbonyl (C=O) groups excluding carboxylic acids is 1. The maximum Gasteiger partial charge on any atom is 0.228 e. The normalized spacial score (nSPS) is 18.7. The highest BCUT2D eigenvalue weighted by Crippen LogP contribution is 2.17. The molecule has 1 unspecified atom stereocenters. The summed E-state index contributed by atoms with van der Waals surface area (Å²) in [4.78, 5) is 16.2. The summed E-state index contributed by atoms with van der Waals surface area (Å²) in [5, 5.41) is 6.26. The fourth-order valence-electron chi connectivity index (χ4n) is 2.48. The number of piperidine rings is 1. The van der Waals surface area contributed by atoms with E-state index in [0.29, 0.717) is 0 Å². The van der Waals surface area contributed by atoms with Crippen LogP contribution in [0.2, 0.25) is 0 Å². The first kappa shape index (κ1) is 12.9. The lowest BCUT2D eigenvalue weighted by Crippen LogP contribution is -2.37. The molecule has 1 aliphatic rings. The molecule has 0 aliphatic carbocycles. The van der Waals surface area contributed by atoms with Gasteiger partial charge in [0.05, 0.1) is 12.2 Å². The lowest BCUT2D eigenvalue weighted by Gasteiger charge is -2.22. The zero-order chi connectivity index (χ0) is 13.8. The minimum absolute atomic E-state index is 0.0700. The molecule has 0 spiro atoms. The molecule has 2 N–H and O–H groups in total. The predicted molar refractivity (Wildman–Crippen MR) is 77.8 cm³/mol. The van der Waals surface area contributed by atoms with Gasteiger partial charge in [-0.1, -0.05) is 6.07 Å². The average Bonchev–Trinajstić information content (AvgIpc) is 3.03. The van der Waals surface area contributed by atoms with Gasteiger partial charge in [0.1, 0.15) is 0 Å². The summed E-state index contributed by atoms with van der Waals surface area (Å²) in [6.45, 7) is 1.78. The highest BCUT2D eigenvalue weighted by molar-refractivity contribution is 5.93. The molecule has 0 radical (unpaired) electrons. The Hall–Kier alpha value is -2.14. The summed E-state index contributed by atoms with van der Waals surface area (Å²) in [5.41, 5.74) is 1.81. The summed E-state index contributed by atoms with van der Waals surface area (Å²) in [6, 6.07) is 7.79. The standard InChI is InChI=1S/C15H18N4O/c20-15(12-3-2-6-16-10-12)18-13-4-1-5-14(9-13)19-8-7-17-11-19/h1,4-5,7-9,11-12,16H,2-3,6,10H2,(H,18,20). The first-order valence-electron chi connectivity index (χ1n) is 6.93. The van der Waals surface area contributed by atoms with Crippen molar-refractivity contribution >= 4 is 11.6 Å². The number of anilines is 1. The van der Waals surface area contributed by atoms with Gasteiger partial charge in [-0.05, 0) is 37.6 Å². The maximum absolute atomic E-state index is 12.2. The van der Waals surface area contributed by atoms with E-state index in [1.165, 1.54) is 0 Å². The van der Waals surface area contributed by atoms with Gasteiger partial charge < -0.3 is 15.2 Å². The van der Waals surface area contributed by atoms with E-state index in [4.69, 9.17) is 0 Å². The molecule has 2 heterocycles. The van der Waals surface area contributed by atoms with Crippen LogP contribution in [0.5, 0.6) is 0 Å². The maximum atomic E-state index is 12.2. The number of rotatable bonds is 3. The summed E-state index contributed by atoms with van der Waals surface area (Å²) in [6.07, 6.45) is 7.38. The molecule has 3 rings (SSSR count). The fraction of sp³-hybridized carbons (Fsp3) is 0.333. The van der Waals surface area contributed by atoms with Gasteiger partial charge in [0.15, 0.2) is 0 Å². The van der Waals surface area contributed by atoms with Crippen molar-refractivity contribution in [3.05, 3.63) is 43.0 Å². The fourth-order valence-corrected chi connectivity index (χ4v) is 2.48. The van der Waals surface area contributed by atoms with Gasteiger partial charge in [-0.15, -0.1) is 0 Å². The second kappa shape index (κ2) is 5.88. The molecule has 1 fully saturated rings. The summed E-state index contributed by atoms with van der Waals surface area (Å²) < 4.78 is 1.91. The number of nitrogens with zero attached hydrogens (tertiary/aromatic N) is 2. The Morgan fingerprint density at radius 1 is 1.45 bits per heavy atom. The van der Waals surface area contributed by atoms with Crippen LogP contribution in [0.3, 0.4) is 0 Å². The SMILES string of the molecule is O=C(Nc1cccc(-n2ccnc2)c1)C1CCCNC1. The number of hydrogen-bond donors (Lipinski definition) is 2. The van der Waals surface area contributed by atoms with Crippen LogP contribution in [0.1, 0.15) is 12.8 Å². The van der Waals surface area contributed by atoms with Crippen LogP contribution >= 0.6 is 0 Å². The molecule has 1 amide bonds. The molecule has 5 heteroatoms. The Kier molecular flexibility index (Phi) is 3.78. The van der Waals surface area contributed by atoms with Gasteiger partial charge in [-0.2, -0.15) is 0 Å². The van der Waals surface area contributed by atoms with Crippen LogP contribution < -0.4 is 10.6 Å². The van der Waals surface area contributed by atoms with Crippen LogP contribution in [0, 0.1) is 5.92 Å². The third kappa shape index (κ3) is 2.88. The number of hydrogen-bond acceptors (Lipinski definition) is 3. The van der Waals surface area contributed by atoms with Crippen molar-refractivity contribution in [2.75, 3.05) is 18.4 Å². The zero-order valence-electron chi connectivity index (χ0n) is 11.2. The van der Waals surface area contributed by atoms with Gasteiger partial charge in [0.2, 0.25) is 5.91 Å². The number of amides is 1. The molecule has 1 aromatic carbocycles. The van der Waals surface area contributed by atoms with E-state index < -0.39 is 0 Å². The molecule has 1 saturated heterocycles. The van der Waals surface area contributed by atoms with Crippen molar-refractivity contribution in [1.82, 2.24) is 14.9 Å². The van der Waals surface area contributed by atoms with E-state index in [9.17, 15) is 4.79 Å². The van der Waals surface area contributed by atoms with Gasteiger partial charge in [-0.3, -0.25) is 4.79 Å². The monoisotopic (exact) mass is 270 g/mol. The first-order valence-corrected chi connectivity index (χ1v) is 6.93. The van der Waals surface area contributed by atoms with Crippen molar-refractivity contribution in [2.24, 2.45) is 5.92 Å². The number of benzene rings is 1. The van der Waals surface area contributed by atoms with Gasteiger partial charge in [0, 0.05) is 30.3 Å². The smallest absolute Gasteiger partial charge is 0.228 e. The van der Waals surface area contributed by atoms with Crippen molar-refractivity contribution < 1.29 is 4.79 Å². The minimum atomic E-state index is 0.0700. The van der Waals surface area contributed by atoms with Crippen molar-refractivity contribution in [3.63, 3.8) is 0 Å². The second-order valence-corrected chi connectivity index (χ2v) is 5.05. The van der Waals surface area contributed by atoms with Crippen molar-refractivity contribution in [2.45, 2.75) is 12.8 Å². The van der Waals surface area contributed by atoms with Gasteiger partial charge >= 0.3 is 0 Å². The van der Waals surface area contributed by atoms with Crippen LogP contribution in [-0.2, 0) is 4.79 Å². The molecule has 20 heavy (non-hydrogen) atoms. The molecular weight excluding hydrogens is 252 g/mol. The molecule has 0 saturated carbocycles. The van der Waals surface area contributed by atoms with Crippen LogP contribution in [0.25, 0.3) is 5.69 Å². The van der Waals surface area contributed by atoms with E-state index in [1.807, 2.05) is 35.0 Å². The molecule has 0 bridgehead atoms. The second-order valence-electron chi connectivity index (χ2n) is 5.05. The number of aromatic nitrogens is 2. The first-order chi connectivity index (χ1) is 9.83. The molecule has 1 aliphatic heterocycles. The largest absolute Gasteiger partial charge is 0.326 e. The van der Waals surface area contributed by atoms with E-state index in [2.05, 4.69) is 15.6 Å². The average molecular weight is 270 g/mol. The van der Waals surface area contributed by atoms with Crippen LogP contribution in [0.15, 0.2) is 43.0 Å². The number of nitrogens with one attached hydrogen (secondary N) is 2. The highest BCUT2D eigenvalue weighted by Gasteiger charge is 2.20. The summed E-state index contributed by atoms with van der Waals surface area (Å²) in [7, 11) is 0. The Morgan fingerprint density at radius 2 is 2.40 bits per heavy atom. The summed E-state index contributed by atoms with van der Waals surface area (Å²) in [5.74, 6) is 0.167. The molecule has 2 aromatic rings. The van der Waals surface area contributed by atoms with E-state index >= 15 is 0 Å².